The first kappa shape index (κ1) is 17.0. The number of pyridine rings is 2. The average molecular weight is 342 g/mol. The number of nitrogens with one attached hydrogen (secondary N) is 1. The molecule has 0 spiro atoms. The molecule has 1 aliphatic heterocycles. The Morgan fingerprint density at radius 1 is 1.32 bits per heavy atom. The molecule has 0 bridgehead atoms. The zero-order valence-corrected chi connectivity index (χ0v) is 14.3. The van der Waals surface area contributed by atoms with Crippen molar-refractivity contribution in [3.8, 4) is 11.5 Å². The van der Waals surface area contributed by atoms with Crippen LogP contribution >= 0.6 is 0 Å². The van der Waals surface area contributed by atoms with Gasteiger partial charge >= 0.3 is 6.03 Å². The van der Waals surface area contributed by atoms with Crippen molar-refractivity contribution in [3.05, 3.63) is 36.7 Å². The van der Waals surface area contributed by atoms with Crippen LogP contribution in [-0.2, 0) is 0 Å². The summed E-state index contributed by atoms with van der Waals surface area (Å²) in [5, 5.41) is 2.82. The van der Waals surface area contributed by atoms with Gasteiger partial charge in [0, 0.05) is 31.4 Å². The second kappa shape index (κ2) is 7.35. The smallest absolute Gasteiger partial charge is 0.323 e. The lowest BCUT2D eigenvalue weighted by molar-refractivity contribution is 0.216. The van der Waals surface area contributed by atoms with E-state index in [0.717, 1.165) is 13.0 Å². The second-order valence-corrected chi connectivity index (χ2v) is 6.18. The van der Waals surface area contributed by atoms with Crippen molar-refractivity contribution < 1.29 is 9.53 Å². The molecule has 3 rings (SSSR count). The maximum Gasteiger partial charge on any atom is 0.323 e. The molecular weight excluding hydrogens is 320 g/mol. The Balaban J connectivity index is 1.61. The van der Waals surface area contributed by atoms with Crippen LogP contribution in [0.4, 0.5) is 16.4 Å². The third kappa shape index (κ3) is 4.36. The Hall–Kier alpha value is -2.87. The van der Waals surface area contributed by atoms with Crippen LogP contribution in [0, 0.1) is 0 Å². The molecule has 1 atom stereocenters. The quantitative estimate of drug-likeness (QED) is 0.882. The number of nitrogens with two attached hydrogens (primary N) is 1. The number of carbonyl (C=O) groups is 1. The van der Waals surface area contributed by atoms with Crippen LogP contribution < -0.4 is 15.8 Å². The minimum atomic E-state index is -0.150. The molecule has 3 N–H and O–H groups in total. The highest BCUT2D eigenvalue weighted by atomic mass is 16.5. The molecule has 132 valence electrons. The fourth-order valence-electron chi connectivity index (χ4n) is 2.67. The first-order valence-electron chi connectivity index (χ1n) is 8.09. The van der Waals surface area contributed by atoms with Crippen molar-refractivity contribution in [3.63, 3.8) is 0 Å². The van der Waals surface area contributed by atoms with E-state index in [1.807, 2.05) is 14.1 Å². The highest BCUT2D eigenvalue weighted by Gasteiger charge is 2.27. The van der Waals surface area contributed by atoms with Crippen LogP contribution in [-0.4, -0.2) is 59.0 Å². The van der Waals surface area contributed by atoms with Gasteiger partial charge in [-0.25, -0.2) is 14.8 Å². The number of carbonyl (C=O) groups excluding carboxylic acids is 1. The van der Waals surface area contributed by atoms with Gasteiger partial charge in [0.15, 0.2) is 0 Å². The van der Waals surface area contributed by atoms with Crippen molar-refractivity contribution in [1.29, 1.82) is 0 Å². The number of nitrogen functional groups attached to an aromatic ring is 1. The van der Waals surface area contributed by atoms with E-state index < -0.39 is 0 Å². The summed E-state index contributed by atoms with van der Waals surface area (Å²) in [6.07, 6.45) is 4.10. The Bertz CT molecular complexity index is 734. The number of likely N-dealkylation sites (N-methyl/N-ethyl adjacent to an activating group) is 1. The van der Waals surface area contributed by atoms with Crippen molar-refractivity contribution in [1.82, 2.24) is 19.8 Å². The molecule has 1 aliphatic rings. The van der Waals surface area contributed by atoms with E-state index in [1.165, 1.54) is 0 Å². The second-order valence-electron chi connectivity index (χ2n) is 6.18. The molecule has 1 saturated heterocycles. The van der Waals surface area contributed by atoms with E-state index in [1.54, 1.807) is 41.6 Å². The number of urea groups is 1. The summed E-state index contributed by atoms with van der Waals surface area (Å²) in [5.74, 6) is 1.99. The van der Waals surface area contributed by atoms with E-state index in [2.05, 4.69) is 20.2 Å². The van der Waals surface area contributed by atoms with Crippen LogP contribution in [0.1, 0.15) is 6.42 Å². The minimum Gasteiger partial charge on any atom is -0.456 e. The van der Waals surface area contributed by atoms with Gasteiger partial charge in [-0.3, -0.25) is 5.32 Å². The predicted molar refractivity (Wildman–Crippen MR) is 95.6 cm³/mol. The Morgan fingerprint density at radius 3 is 2.84 bits per heavy atom. The molecule has 0 saturated carbocycles. The van der Waals surface area contributed by atoms with Gasteiger partial charge in [0.05, 0.1) is 6.20 Å². The summed E-state index contributed by atoms with van der Waals surface area (Å²) < 4.78 is 5.70. The van der Waals surface area contributed by atoms with Crippen LogP contribution in [0.25, 0.3) is 0 Å². The molecule has 0 aliphatic carbocycles. The Labute approximate surface area is 146 Å². The summed E-state index contributed by atoms with van der Waals surface area (Å²) in [6, 6.07) is 7.02. The van der Waals surface area contributed by atoms with Gasteiger partial charge in [-0.05, 0) is 38.7 Å². The van der Waals surface area contributed by atoms with Gasteiger partial charge in [-0.15, -0.1) is 0 Å². The fraction of sp³-hybridized carbons (Fsp3) is 0.353. The third-order valence-corrected chi connectivity index (χ3v) is 4.14. The topological polar surface area (TPSA) is 96.6 Å². The monoisotopic (exact) mass is 342 g/mol. The summed E-state index contributed by atoms with van der Waals surface area (Å²) in [6.45, 7) is 1.45. The normalized spacial score (nSPS) is 16.9. The first-order valence-corrected chi connectivity index (χ1v) is 8.09. The summed E-state index contributed by atoms with van der Waals surface area (Å²) in [5.41, 5.74) is 5.56. The molecule has 3 heterocycles. The molecule has 0 radical (unpaired) electrons. The molecule has 2 aromatic rings. The number of aromatic nitrogens is 2. The number of ether oxygens (including phenoxy) is 1. The SMILES string of the molecule is CN(C)C1CCN(C(=O)Nc2cc(Oc3ccc(N)nc3)ccn2)C1. The number of amides is 2. The summed E-state index contributed by atoms with van der Waals surface area (Å²) >= 11 is 0. The molecule has 2 amide bonds. The number of likely N-dealkylation sites (tertiary alicyclic amines) is 1. The zero-order valence-electron chi connectivity index (χ0n) is 14.3. The fourth-order valence-corrected chi connectivity index (χ4v) is 2.67. The van der Waals surface area contributed by atoms with Gasteiger partial charge in [-0.2, -0.15) is 0 Å². The van der Waals surface area contributed by atoms with Gasteiger partial charge < -0.3 is 20.3 Å². The van der Waals surface area contributed by atoms with Gasteiger partial charge in [0.1, 0.15) is 23.1 Å². The highest BCUT2D eigenvalue weighted by molar-refractivity contribution is 5.88. The van der Waals surface area contributed by atoms with Crippen molar-refractivity contribution in [2.24, 2.45) is 0 Å². The Kier molecular flexibility index (Phi) is 4.99. The predicted octanol–water partition coefficient (Wildman–Crippen LogP) is 2.02. The van der Waals surface area contributed by atoms with Crippen LogP contribution in [0.2, 0.25) is 0 Å². The number of hydrogen-bond acceptors (Lipinski definition) is 6. The molecule has 8 nitrogen and oxygen atoms in total. The van der Waals surface area contributed by atoms with Gasteiger partial charge in [-0.1, -0.05) is 0 Å². The number of nitrogens with zero attached hydrogens (tertiary/aromatic N) is 4. The van der Waals surface area contributed by atoms with E-state index in [-0.39, 0.29) is 6.03 Å². The van der Waals surface area contributed by atoms with Crippen molar-refractivity contribution in [2.75, 3.05) is 38.2 Å². The molecule has 0 aromatic carbocycles. The third-order valence-electron chi connectivity index (χ3n) is 4.14. The molecular formula is C17H22N6O2. The van der Waals surface area contributed by atoms with Crippen LogP contribution in [0.5, 0.6) is 11.5 Å². The Morgan fingerprint density at radius 2 is 2.16 bits per heavy atom. The average Bonchev–Trinajstić information content (AvgIpc) is 3.08. The summed E-state index contributed by atoms with van der Waals surface area (Å²) in [7, 11) is 4.06. The molecule has 1 fully saturated rings. The maximum absolute atomic E-state index is 12.4. The van der Waals surface area contributed by atoms with Gasteiger partial charge in [0.2, 0.25) is 0 Å². The van der Waals surface area contributed by atoms with E-state index in [9.17, 15) is 4.79 Å². The van der Waals surface area contributed by atoms with E-state index in [0.29, 0.717) is 35.7 Å². The number of rotatable bonds is 4. The van der Waals surface area contributed by atoms with Crippen LogP contribution in [0.15, 0.2) is 36.7 Å². The molecule has 25 heavy (non-hydrogen) atoms. The largest absolute Gasteiger partial charge is 0.456 e. The molecule has 2 aromatic heterocycles. The summed E-state index contributed by atoms with van der Waals surface area (Å²) in [4.78, 5) is 24.5. The van der Waals surface area contributed by atoms with Crippen molar-refractivity contribution in [2.45, 2.75) is 12.5 Å². The lowest BCUT2D eigenvalue weighted by Crippen LogP contribution is -2.36. The minimum absolute atomic E-state index is 0.150. The number of anilines is 2. The van der Waals surface area contributed by atoms with Gasteiger partial charge in [0.25, 0.3) is 0 Å². The lowest BCUT2D eigenvalue weighted by Gasteiger charge is -2.20. The lowest BCUT2D eigenvalue weighted by atomic mass is 10.2. The van der Waals surface area contributed by atoms with Crippen LogP contribution in [0.3, 0.4) is 0 Å². The van der Waals surface area contributed by atoms with Crippen molar-refractivity contribution >= 4 is 17.7 Å². The molecule has 1 unspecified atom stereocenters. The maximum atomic E-state index is 12.4. The van der Waals surface area contributed by atoms with E-state index >= 15 is 0 Å². The standard InChI is InChI=1S/C17H22N6O2/c1-22(2)12-6-8-23(11-12)17(24)21-16-9-13(5-7-19-16)25-14-3-4-15(18)20-10-14/h3-5,7,9-10,12H,6,8,11H2,1-2H3,(H2,18,20)(H,19,21,24). The first-order chi connectivity index (χ1) is 12.0. The van der Waals surface area contributed by atoms with E-state index in [4.69, 9.17) is 10.5 Å². The number of hydrogen-bond donors (Lipinski definition) is 2. The highest BCUT2D eigenvalue weighted by Crippen LogP contribution is 2.23. The zero-order chi connectivity index (χ0) is 17.8. The molecule has 8 heteroatoms.